The molecule has 0 spiro atoms. The monoisotopic (exact) mass is 337 g/mol. The van der Waals surface area contributed by atoms with E-state index in [1.165, 1.54) is 0 Å². The van der Waals surface area contributed by atoms with Crippen LogP contribution in [-0.2, 0) is 14.3 Å². The average molecular weight is 337 g/mol. The normalized spacial score (nSPS) is 14.6. The first kappa shape index (κ1) is 20.0. The molecule has 6 nitrogen and oxygen atoms in total. The van der Waals surface area contributed by atoms with Crippen molar-refractivity contribution in [2.24, 2.45) is 0 Å². The van der Waals surface area contributed by atoms with E-state index in [2.05, 4.69) is 5.32 Å². The zero-order valence-electron chi connectivity index (χ0n) is 14.3. The molecule has 2 atom stereocenters. The summed E-state index contributed by atoms with van der Waals surface area (Å²) in [5.41, 5.74) is -1.18. The fourth-order valence-corrected chi connectivity index (χ4v) is 2.41. The number of unbranched alkanes of at least 4 members (excludes halogenated alkanes) is 2. The number of aliphatic carboxylic acids is 2. The Balaban J connectivity index is 3.08. The van der Waals surface area contributed by atoms with Crippen LogP contribution in [0.4, 0.5) is 5.69 Å². The predicted molar refractivity (Wildman–Crippen MR) is 92.0 cm³/mol. The van der Waals surface area contributed by atoms with E-state index in [0.29, 0.717) is 18.5 Å². The van der Waals surface area contributed by atoms with Crippen LogP contribution in [0, 0.1) is 0 Å². The number of anilines is 1. The van der Waals surface area contributed by atoms with Gasteiger partial charge in [0.1, 0.15) is 0 Å². The zero-order valence-corrected chi connectivity index (χ0v) is 14.3. The van der Waals surface area contributed by atoms with Crippen molar-refractivity contribution in [3.05, 3.63) is 30.3 Å². The molecule has 0 saturated carbocycles. The lowest BCUT2D eigenvalue weighted by atomic mass is 10.0. The molecule has 1 rings (SSSR count). The molecule has 0 fully saturated rings. The van der Waals surface area contributed by atoms with Gasteiger partial charge in [0.15, 0.2) is 6.10 Å². The molecule has 6 heteroatoms. The molecule has 134 valence electrons. The SMILES string of the molecule is CCCCC(OC(CCCC)(Nc1ccccc1)C(=O)O)C(=O)O. The maximum Gasteiger partial charge on any atom is 0.357 e. The van der Waals surface area contributed by atoms with Crippen LogP contribution in [0.5, 0.6) is 0 Å². The second-order valence-corrected chi connectivity index (χ2v) is 5.81. The van der Waals surface area contributed by atoms with E-state index in [-0.39, 0.29) is 12.8 Å². The van der Waals surface area contributed by atoms with E-state index >= 15 is 0 Å². The molecule has 0 saturated heterocycles. The molecule has 0 bridgehead atoms. The topological polar surface area (TPSA) is 95.9 Å². The van der Waals surface area contributed by atoms with E-state index in [4.69, 9.17) is 4.74 Å². The van der Waals surface area contributed by atoms with Gasteiger partial charge in [0.2, 0.25) is 5.72 Å². The van der Waals surface area contributed by atoms with Crippen LogP contribution in [-0.4, -0.2) is 34.0 Å². The fourth-order valence-electron chi connectivity index (χ4n) is 2.41. The summed E-state index contributed by atoms with van der Waals surface area (Å²) in [5, 5.41) is 22.1. The van der Waals surface area contributed by atoms with Crippen LogP contribution in [0.3, 0.4) is 0 Å². The maximum absolute atomic E-state index is 12.0. The maximum atomic E-state index is 12.0. The predicted octanol–water partition coefficient (Wildman–Crippen LogP) is 3.73. The minimum atomic E-state index is -1.76. The van der Waals surface area contributed by atoms with Crippen LogP contribution in [0.2, 0.25) is 0 Å². The number of carboxylic acid groups (broad SMARTS) is 2. The lowest BCUT2D eigenvalue weighted by Crippen LogP contribution is -2.52. The molecule has 1 aromatic rings. The van der Waals surface area contributed by atoms with Crippen molar-refractivity contribution in [3.8, 4) is 0 Å². The molecule has 0 aliphatic carbocycles. The molecule has 0 heterocycles. The number of ether oxygens (including phenoxy) is 1. The number of rotatable bonds is 12. The second-order valence-electron chi connectivity index (χ2n) is 5.81. The molecule has 0 aliphatic rings. The van der Waals surface area contributed by atoms with Gasteiger partial charge in [-0.3, -0.25) is 0 Å². The molecule has 0 amide bonds. The first-order valence-electron chi connectivity index (χ1n) is 8.42. The molecule has 1 aromatic carbocycles. The lowest BCUT2D eigenvalue weighted by Gasteiger charge is -2.34. The first-order chi connectivity index (χ1) is 11.4. The Labute approximate surface area is 142 Å². The van der Waals surface area contributed by atoms with Gasteiger partial charge in [-0.15, -0.1) is 0 Å². The van der Waals surface area contributed by atoms with E-state index < -0.39 is 23.8 Å². The molecule has 0 aromatic heterocycles. The molecule has 24 heavy (non-hydrogen) atoms. The van der Waals surface area contributed by atoms with E-state index in [1.807, 2.05) is 19.9 Å². The number of carbonyl (C=O) groups is 2. The highest BCUT2D eigenvalue weighted by molar-refractivity contribution is 5.82. The third kappa shape index (κ3) is 5.85. The molecule has 3 N–H and O–H groups in total. The minimum Gasteiger partial charge on any atom is -0.479 e. The van der Waals surface area contributed by atoms with E-state index in [1.54, 1.807) is 24.3 Å². The van der Waals surface area contributed by atoms with Crippen LogP contribution in [0.1, 0.15) is 52.4 Å². The standard InChI is InChI=1S/C18H27NO5/c1-3-5-12-15(16(20)21)24-18(17(22)23,13-6-4-2)19-14-10-8-7-9-11-14/h7-11,15,19H,3-6,12-13H2,1-2H3,(H,20,21)(H,22,23). The van der Waals surface area contributed by atoms with Gasteiger partial charge < -0.3 is 20.3 Å². The van der Waals surface area contributed by atoms with Gasteiger partial charge in [-0.2, -0.15) is 0 Å². The van der Waals surface area contributed by atoms with E-state index in [9.17, 15) is 19.8 Å². The Hall–Kier alpha value is -2.08. The van der Waals surface area contributed by atoms with Gasteiger partial charge >= 0.3 is 11.9 Å². The Morgan fingerprint density at radius 3 is 2.25 bits per heavy atom. The number of nitrogens with one attached hydrogen (secondary N) is 1. The number of benzene rings is 1. The number of para-hydroxylation sites is 1. The van der Waals surface area contributed by atoms with Crippen molar-refractivity contribution >= 4 is 17.6 Å². The van der Waals surface area contributed by atoms with Crippen LogP contribution in [0.15, 0.2) is 30.3 Å². The highest BCUT2D eigenvalue weighted by atomic mass is 16.6. The summed E-state index contributed by atoms with van der Waals surface area (Å²) in [6, 6.07) is 8.84. The van der Waals surface area contributed by atoms with Crippen molar-refractivity contribution in [2.45, 2.75) is 64.2 Å². The molecule has 0 aliphatic heterocycles. The first-order valence-corrected chi connectivity index (χ1v) is 8.42. The molecular weight excluding hydrogens is 310 g/mol. The summed E-state index contributed by atoms with van der Waals surface area (Å²) < 4.78 is 5.66. The zero-order chi connectivity index (χ0) is 18.0. The summed E-state index contributed by atoms with van der Waals surface area (Å²) in [4.78, 5) is 23.5. The third-order valence-electron chi connectivity index (χ3n) is 3.79. The largest absolute Gasteiger partial charge is 0.479 e. The van der Waals surface area contributed by atoms with Gasteiger partial charge in [0.05, 0.1) is 0 Å². The van der Waals surface area contributed by atoms with E-state index in [0.717, 1.165) is 12.8 Å². The molecule has 0 radical (unpaired) electrons. The minimum absolute atomic E-state index is 0.184. The van der Waals surface area contributed by atoms with Crippen LogP contribution in [0.25, 0.3) is 0 Å². The molecular formula is C18H27NO5. The Kier molecular flexibility index (Phi) is 8.26. The molecule has 2 unspecified atom stereocenters. The fraction of sp³-hybridized carbons (Fsp3) is 0.556. The third-order valence-corrected chi connectivity index (χ3v) is 3.79. The quantitative estimate of drug-likeness (QED) is 0.503. The Bertz CT molecular complexity index is 519. The smallest absolute Gasteiger partial charge is 0.357 e. The van der Waals surface area contributed by atoms with Gasteiger partial charge in [0, 0.05) is 12.1 Å². The summed E-state index contributed by atoms with van der Waals surface area (Å²) in [6.45, 7) is 3.89. The highest BCUT2D eigenvalue weighted by Crippen LogP contribution is 2.26. The second kappa shape index (κ2) is 9.93. The Morgan fingerprint density at radius 1 is 1.12 bits per heavy atom. The average Bonchev–Trinajstić information content (AvgIpc) is 2.56. The van der Waals surface area contributed by atoms with Crippen molar-refractivity contribution in [1.82, 2.24) is 0 Å². The van der Waals surface area contributed by atoms with Crippen molar-refractivity contribution in [2.75, 3.05) is 5.32 Å². The van der Waals surface area contributed by atoms with Crippen LogP contribution < -0.4 is 5.32 Å². The van der Waals surface area contributed by atoms with Gasteiger partial charge in [-0.05, 0) is 25.0 Å². The van der Waals surface area contributed by atoms with Gasteiger partial charge in [-0.1, -0.05) is 51.3 Å². The summed E-state index contributed by atoms with van der Waals surface area (Å²) in [7, 11) is 0. The summed E-state index contributed by atoms with van der Waals surface area (Å²) in [5.74, 6) is -2.34. The Morgan fingerprint density at radius 2 is 1.75 bits per heavy atom. The number of hydrogen-bond donors (Lipinski definition) is 3. The van der Waals surface area contributed by atoms with Crippen molar-refractivity contribution < 1.29 is 24.5 Å². The number of hydrogen-bond acceptors (Lipinski definition) is 4. The van der Waals surface area contributed by atoms with Gasteiger partial charge in [0.25, 0.3) is 0 Å². The van der Waals surface area contributed by atoms with Gasteiger partial charge in [-0.25, -0.2) is 9.59 Å². The van der Waals surface area contributed by atoms with Crippen LogP contribution >= 0.6 is 0 Å². The highest BCUT2D eigenvalue weighted by Gasteiger charge is 2.43. The van der Waals surface area contributed by atoms with Crippen molar-refractivity contribution in [3.63, 3.8) is 0 Å². The number of carboxylic acids is 2. The van der Waals surface area contributed by atoms with Crippen molar-refractivity contribution in [1.29, 1.82) is 0 Å². The lowest BCUT2D eigenvalue weighted by molar-refractivity contribution is -0.180. The summed E-state index contributed by atoms with van der Waals surface area (Å²) >= 11 is 0. The summed E-state index contributed by atoms with van der Waals surface area (Å²) in [6.07, 6.45) is 2.16.